The average Bonchev–Trinajstić information content (AvgIpc) is 2.81. The summed E-state index contributed by atoms with van der Waals surface area (Å²) >= 11 is 0. The van der Waals surface area contributed by atoms with Gasteiger partial charge in [-0.15, -0.1) is 0 Å². The molecule has 2 aromatic carbocycles. The molecule has 1 unspecified atom stereocenters. The zero-order chi connectivity index (χ0) is 23.1. The molecule has 170 valence electrons. The minimum absolute atomic E-state index is 0.0245. The Bertz CT molecular complexity index is 953. The van der Waals surface area contributed by atoms with Crippen LogP contribution in [0.25, 0.3) is 0 Å². The summed E-state index contributed by atoms with van der Waals surface area (Å²) in [7, 11) is 0. The third-order valence-corrected chi connectivity index (χ3v) is 5.82. The molecule has 0 aliphatic carbocycles. The summed E-state index contributed by atoms with van der Waals surface area (Å²) in [6, 6.07) is 14.5. The zero-order valence-electron chi connectivity index (χ0n) is 19.1. The summed E-state index contributed by atoms with van der Waals surface area (Å²) in [5.74, 6) is -0.247. The van der Waals surface area contributed by atoms with E-state index in [-0.39, 0.29) is 23.8 Å². The van der Waals surface area contributed by atoms with Crippen molar-refractivity contribution in [3.8, 4) is 0 Å². The molecule has 1 atom stereocenters. The quantitative estimate of drug-likeness (QED) is 0.699. The van der Waals surface area contributed by atoms with E-state index in [0.29, 0.717) is 49.5 Å². The summed E-state index contributed by atoms with van der Waals surface area (Å²) in [4.78, 5) is 41.5. The number of amides is 3. The molecule has 2 aromatic rings. The van der Waals surface area contributed by atoms with Crippen molar-refractivity contribution in [1.82, 2.24) is 15.1 Å². The molecule has 1 heterocycles. The van der Waals surface area contributed by atoms with Crippen LogP contribution in [0.5, 0.6) is 0 Å². The maximum absolute atomic E-state index is 13.0. The lowest BCUT2D eigenvalue weighted by Gasteiger charge is -2.34. The highest BCUT2D eigenvalue weighted by atomic mass is 16.2. The second-order valence-corrected chi connectivity index (χ2v) is 8.30. The topological polar surface area (TPSA) is 81.8 Å². The Hall–Kier alpha value is -3.19. The first kappa shape index (κ1) is 23.5. The zero-order valence-corrected chi connectivity index (χ0v) is 19.1. The Morgan fingerprint density at radius 2 is 1.66 bits per heavy atom. The van der Waals surface area contributed by atoms with Crippen LogP contribution in [0.15, 0.2) is 48.5 Å². The number of anilines is 1. The van der Waals surface area contributed by atoms with Crippen LogP contribution in [0, 0.1) is 6.92 Å². The first-order valence-corrected chi connectivity index (χ1v) is 11.2. The minimum atomic E-state index is -0.206. The van der Waals surface area contributed by atoms with Crippen molar-refractivity contribution < 1.29 is 14.4 Å². The van der Waals surface area contributed by atoms with E-state index in [2.05, 4.69) is 15.5 Å². The molecule has 1 aliphatic heterocycles. The molecule has 1 aliphatic rings. The highest BCUT2D eigenvalue weighted by molar-refractivity contribution is 6.05. The molecule has 0 bridgehead atoms. The van der Waals surface area contributed by atoms with Crippen molar-refractivity contribution in [2.24, 2.45) is 0 Å². The highest BCUT2D eigenvalue weighted by Crippen LogP contribution is 2.20. The van der Waals surface area contributed by atoms with Gasteiger partial charge < -0.3 is 15.5 Å². The summed E-state index contributed by atoms with van der Waals surface area (Å²) in [6.45, 7) is 8.73. The largest absolute Gasteiger partial charge is 0.353 e. The van der Waals surface area contributed by atoms with Gasteiger partial charge in [0.05, 0.1) is 6.54 Å². The van der Waals surface area contributed by atoms with Gasteiger partial charge in [0.25, 0.3) is 11.8 Å². The van der Waals surface area contributed by atoms with Gasteiger partial charge >= 0.3 is 0 Å². The second-order valence-electron chi connectivity index (χ2n) is 8.30. The molecule has 0 spiro atoms. The lowest BCUT2D eigenvalue weighted by molar-refractivity contribution is -0.123. The van der Waals surface area contributed by atoms with Crippen LogP contribution in [-0.2, 0) is 4.79 Å². The van der Waals surface area contributed by atoms with Crippen LogP contribution < -0.4 is 10.6 Å². The number of aryl methyl sites for hydroxylation is 1. The van der Waals surface area contributed by atoms with Crippen molar-refractivity contribution in [1.29, 1.82) is 0 Å². The molecule has 7 nitrogen and oxygen atoms in total. The predicted octanol–water partition coefficient (Wildman–Crippen LogP) is 2.92. The third-order valence-electron chi connectivity index (χ3n) is 5.82. The van der Waals surface area contributed by atoms with Gasteiger partial charge in [-0.25, -0.2) is 0 Å². The van der Waals surface area contributed by atoms with Crippen LogP contribution in [0.1, 0.15) is 46.5 Å². The van der Waals surface area contributed by atoms with Gasteiger partial charge in [-0.05, 0) is 50.1 Å². The van der Waals surface area contributed by atoms with E-state index in [1.54, 1.807) is 29.2 Å². The molecule has 1 fully saturated rings. The Labute approximate surface area is 189 Å². The van der Waals surface area contributed by atoms with E-state index in [9.17, 15) is 14.4 Å². The number of nitrogens with zero attached hydrogens (tertiary/aromatic N) is 2. The Morgan fingerprint density at radius 3 is 2.31 bits per heavy atom. The number of carbonyl (C=O) groups excluding carboxylic acids is 3. The van der Waals surface area contributed by atoms with Crippen molar-refractivity contribution in [3.05, 3.63) is 65.2 Å². The summed E-state index contributed by atoms with van der Waals surface area (Å²) < 4.78 is 0. The molecule has 0 saturated carbocycles. The van der Waals surface area contributed by atoms with Crippen LogP contribution >= 0.6 is 0 Å². The van der Waals surface area contributed by atoms with Crippen LogP contribution in [0.2, 0.25) is 0 Å². The fourth-order valence-corrected chi connectivity index (χ4v) is 3.59. The van der Waals surface area contributed by atoms with Gasteiger partial charge in [0, 0.05) is 49.0 Å². The lowest BCUT2D eigenvalue weighted by atomic mass is 10.1. The van der Waals surface area contributed by atoms with Crippen LogP contribution in [-0.4, -0.2) is 66.3 Å². The Morgan fingerprint density at radius 1 is 0.969 bits per heavy atom. The number of rotatable bonds is 7. The van der Waals surface area contributed by atoms with E-state index >= 15 is 0 Å². The van der Waals surface area contributed by atoms with Crippen molar-refractivity contribution in [2.75, 3.05) is 38.0 Å². The van der Waals surface area contributed by atoms with Gasteiger partial charge in [0.15, 0.2) is 0 Å². The Kier molecular flexibility index (Phi) is 8.00. The van der Waals surface area contributed by atoms with E-state index in [4.69, 9.17) is 0 Å². The van der Waals surface area contributed by atoms with Crippen LogP contribution in [0.4, 0.5) is 5.69 Å². The number of carbonyl (C=O) groups is 3. The molecule has 1 saturated heterocycles. The SMILES string of the molecule is CCC(C)NC(=O)CN1CCN(C(=O)c2ccc(C)c(NC(=O)c3ccccc3)c2)CC1. The van der Waals surface area contributed by atoms with Crippen molar-refractivity contribution >= 4 is 23.4 Å². The maximum atomic E-state index is 13.0. The normalized spacial score (nSPS) is 15.2. The molecule has 32 heavy (non-hydrogen) atoms. The van der Waals surface area contributed by atoms with Crippen LogP contribution in [0.3, 0.4) is 0 Å². The molecule has 0 radical (unpaired) electrons. The monoisotopic (exact) mass is 436 g/mol. The predicted molar refractivity (Wildman–Crippen MR) is 126 cm³/mol. The highest BCUT2D eigenvalue weighted by Gasteiger charge is 2.24. The molecular formula is C25H32N4O3. The summed E-state index contributed by atoms with van der Waals surface area (Å²) in [6.07, 6.45) is 0.901. The first-order chi connectivity index (χ1) is 15.4. The maximum Gasteiger partial charge on any atom is 0.255 e. The van der Waals surface area contributed by atoms with E-state index in [0.717, 1.165) is 12.0 Å². The molecule has 2 N–H and O–H groups in total. The number of hydrogen-bond acceptors (Lipinski definition) is 4. The molecular weight excluding hydrogens is 404 g/mol. The van der Waals surface area contributed by atoms with Crippen molar-refractivity contribution in [2.45, 2.75) is 33.2 Å². The molecule has 3 rings (SSSR count). The van der Waals surface area contributed by atoms with Gasteiger partial charge in [-0.1, -0.05) is 31.2 Å². The first-order valence-electron chi connectivity index (χ1n) is 11.2. The van der Waals surface area contributed by atoms with E-state index in [1.807, 2.05) is 45.0 Å². The summed E-state index contributed by atoms with van der Waals surface area (Å²) in [5, 5.41) is 5.89. The molecule has 3 amide bonds. The number of benzene rings is 2. The smallest absolute Gasteiger partial charge is 0.255 e. The van der Waals surface area contributed by atoms with Crippen molar-refractivity contribution in [3.63, 3.8) is 0 Å². The number of hydrogen-bond donors (Lipinski definition) is 2. The number of nitrogens with one attached hydrogen (secondary N) is 2. The van der Waals surface area contributed by atoms with Gasteiger partial charge in [-0.2, -0.15) is 0 Å². The Balaban J connectivity index is 1.58. The lowest BCUT2D eigenvalue weighted by Crippen LogP contribution is -2.51. The van der Waals surface area contributed by atoms with Gasteiger partial charge in [-0.3, -0.25) is 19.3 Å². The fourth-order valence-electron chi connectivity index (χ4n) is 3.59. The average molecular weight is 437 g/mol. The number of piperazine rings is 1. The molecule has 7 heteroatoms. The van der Waals surface area contributed by atoms with Gasteiger partial charge in [0.2, 0.25) is 5.91 Å². The van der Waals surface area contributed by atoms with E-state index in [1.165, 1.54) is 0 Å². The van der Waals surface area contributed by atoms with E-state index < -0.39 is 0 Å². The minimum Gasteiger partial charge on any atom is -0.353 e. The second kappa shape index (κ2) is 10.9. The fraction of sp³-hybridized carbons (Fsp3) is 0.400. The standard InChI is InChI=1S/C25H32N4O3/c1-4-19(3)26-23(30)17-28-12-14-29(15-13-28)25(32)21-11-10-18(2)22(16-21)27-24(31)20-8-6-5-7-9-20/h5-11,16,19H,4,12-15,17H2,1-3H3,(H,26,30)(H,27,31). The van der Waals surface area contributed by atoms with Gasteiger partial charge in [0.1, 0.15) is 0 Å². The molecule has 0 aromatic heterocycles. The third kappa shape index (κ3) is 6.17. The summed E-state index contributed by atoms with van der Waals surface area (Å²) in [5.41, 5.74) is 2.63.